The van der Waals surface area contributed by atoms with Crippen LogP contribution in [0.1, 0.15) is 220 Å². The second-order valence-corrected chi connectivity index (χ2v) is 17.4. The molecule has 6 heteroatoms. The Morgan fingerprint density at radius 2 is 0.618 bits per heavy atom. The van der Waals surface area contributed by atoms with Crippen molar-refractivity contribution in [3.8, 4) is 0 Å². The summed E-state index contributed by atoms with van der Waals surface area (Å²) in [6, 6.07) is 0. The molecule has 0 rings (SSSR count). The molecule has 0 saturated carbocycles. The fourth-order valence-corrected chi connectivity index (χ4v) is 6.78. The summed E-state index contributed by atoms with van der Waals surface area (Å²) < 4.78 is 16.7. The minimum absolute atomic E-state index is 0.114. The molecule has 0 aliphatic heterocycles. The van der Waals surface area contributed by atoms with Gasteiger partial charge in [0, 0.05) is 19.3 Å². The Kier molecular flexibility index (Phi) is 51.5. The maximum absolute atomic E-state index is 12.8. The highest BCUT2D eigenvalue weighted by Crippen LogP contribution is 2.12. The van der Waals surface area contributed by atoms with Crippen molar-refractivity contribution in [2.45, 2.75) is 226 Å². The lowest BCUT2D eigenvalue weighted by Crippen LogP contribution is -2.30. The van der Waals surface area contributed by atoms with Crippen LogP contribution in [0.3, 0.4) is 0 Å². The molecule has 0 amide bonds. The van der Waals surface area contributed by atoms with Gasteiger partial charge in [-0.15, -0.1) is 0 Å². The molecule has 1 atom stereocenters. The van der Waals surface area contributed by atoms with Crippen molar-refractivity contribution in [2.75, 3.05) is 13.2 Å². The number of carbonyl (C=O) groups excluding carboxylic acids is 3. The average molecular weight is 939 g/mol. The summed E-state index contributed by atoms with van der Waals surface area (Å²) in [6.45, 7) is 6.33. The number of ether oxygens (including phenoxy) is 3. The second-order valence-electron chi connectivity index (χ2n) is 17.4. The van der Waals surface area contributed by atoms with Gasteiger partial charge in [-0.3, -0.25) is 14.4 Å². The predicted molar refractivity (Wildman–Crippen MR) is 292 cm³/mol. The Morgan fingerprint density at radius 3 is 1.01 bits per heavy atom. The minimum Gasteiger partial charge on any atom is -0.462 e. The van der Waals surface area contributed by atoms with Gasteiger partial charge in [0.25, 0.3) is 0 Å². The van der Waals surface area contributed by atoms with Crippen LogP contribution in [0.4, 0.5) is 0 Å². The molecule has 0 aliphatic rings. The fraction of sp³-hybridized carbons (Fsp3) is 0.597. The normalized spacial score (nSPS) is 13.2. The summed E-state index contributed by atoms with van der Waals surface area (Å²) in [5, 5.41) is 0. The third-order valence-electron chi connectivity index (χ3n) is 10.8. The number of rotatable bonds is 47. The third-order valence-corrected chi connectivity index (χ3v) is 10.8. The largest absolute Gasteiger partial charge is 0.462 e. The van der Waals surface area contributed by atoms with Gasteiger partial charge in [0.2, 0.25) is 0 Å². The van der Waals surface area contributed by atoms with Gasteiger partial charge in [0.15, 0.2) is 6.10 Å². The molecule has 0 aromatic rings. The zero-order valence-corrected chi connectivity index (χ0v) is 43.6. The van der Waals surface area contributed by atoms with Crippen LogP contribution >= 0.6 is 0 Å². The first kappa shape index (κ1) is 63.5. The summed E-state index contributed by atoms with van der Waals surface area (Å²) in [5.74, 6) is -1.01. The van der Waals surface area contributed by atoms with Crippen molar-refractivity contribution in [1.82, 2.24) is 0 Å². The van der Waals surface area contributed by atoms with Gasteiger partial charge >= 0.3 is 17.9 Å². The van der Waals surface area contributed by atoms with Gasteiger partial charge in [-0.1, -0.05) is 212 Å². The summed E-state index contributed by atoms with van der Waals surface area (Å²) in [6.07, 6.45) is 77.3. The van der Waals surface area contributed by atoms with Crippen LogP contribution in [-0.2, 0) is 28.6 Å². The molecule has 382 valence electrons. The SMILES string of the molecule is CC/C=C\C/C=C\C/C=C\C/C=C\C/C=C\C/C=C\C/C=C\CCCC(=O)OCC(COC(=O)CCCCCCC/C=C\C/C=C\CCC)OC(=O)CCCCCCC/C=C\C/C=C\CCCC. The number of unbranched alkanes of at least 4 members (excludes halogenated alkanes) is 14. The van der Waals surface area contributed by atoms with Crippen molar-refractivity contribution < 1.29 is 28.6 Å². The maximum atomic E-state index is 12.8. The molecule has 1 unspecified atom stereocenters. The molecule has 0 aromatic heterocycles. The van der Waals surface area contributed by atoms with Gasteiger partial charge < -0.3 is 14.2 Å². The molecule has 0 radical (unpaired) electrons. The zero-order chi connectivity index (χ0) is 49.3. The van der Waals surface area contributed by atoms with Crippen LogP contribution in [0.25, 0.3) is 0 Å². The number of carbonyl (C=O) groups is 3. The van der Waals surface area contributed by atoms with E-state index in [1.165, 1.54) is 25.7 Å². The number of allylic oxidation sites excluding steroid dienone is 22. The molecule has 0 aromatic carbocycles. The van der Waals surface area contributed by atoms with E-state index in [4.69, 9.17) is 14.2 Å². The van der Waals surface area contributed by atoms with Gasteiger partial charge in [-0.2, -0.15) is 0 Å². The third kappa shape index (κ3) is 52.5. The lowest BCUT2D eigenvalue weighted by Gasteiger charge is -2.18. The van der Waals surface area contributed by atoms with E-state index in [9.17, 15) is 14.4 Å². The molecule has 6 nitrogen and oxygen atoms in total. The first-order valence-corrected chi connectivity index (χ1v) is 27.2. The highest BCUT2D eigenvalue weighted by Gasteiger charge is 2.19. The van der Waals surface area contributed by atoms with E-state index in [1.54, 1.807) is 0 Å². The quantitative estimate of drug-likeness (QED) is 0.0262. The summed E-state index contributed by atoms with van der Waals surface area (Å²) in [5.41, 5.74) is 0. The molecule has 68 heavy (non-hydrogen) atoms. The Labute approximate surface area is 417 Å². The van der Waals surface area contributed by atoms with E-state index in [2.05, 4.69) is 154 Å². The van der Waals surface area contributed by atoms with Crippen molar-refractivity contribution in [1.29, 1.82) is 0 Å². The first-order chi connectivity index (χ1) is 33.5. The smallest absolute Gasteiger partial charge is 0.306 e. The fourth-order valence-electron chi connectivity index (χ4n) is 6.78. The standard InChI is InChI=1S/C62H98O6/c1-4-7-10-13-16-19-22-25-27-28-29-30-31-32-33-34-35-38-40-43-46-49-52-55-61(64)67-58-59(57-66-60(63)54-51-48-45-42-39-36-24-21-18-15-12-9-6-3)68-62(65)56-53-50-47-44-41-37-26-23-20-17-14-11-8-5-2/h7,10,12,14-17,19,21,23-27,29-30,32-33,35,38,43,46,59H,4-6,8-9,11,13,18,20,22,28,31,34,36-37,39-42,44-45,47-58H2,1-3H3/b10-7-,15-12-,17-14-,19-16-,24-21-,26-23-,27-25-,30-29-,33-32-,38-35-,46-43-. The maximum Gasteiger partial charge on any atom is 0.306 e. The van der Waals surface area contributed by atoms with E-state index in [-0.39, 0.29) is 37.5 Å². The highest BCUT2D eigenvalue weighted by atomic mass is 16.6. The van der Waals surface area contributed by atoms with Crippen molar-refractivity contribution in [3.05, 3.63) is 134 Å². The highest BCUT2D eigenvalue weighted by molar-refractivity contribution is 5.71. The van der Waals surface area contributed by atoms with Crippen molar-refractivity contribution in [3.63, 3.8) is 0 Å². The Morgan fingerprint density at radius 1 is 0.309 bits per heavy atom. The van der Waals surface area contributed by atoms with E-state index < -0.39 is 6.10 Å². The summed E-state index contributed by atoms with van der Waals surface area (Å²) in [4.78, 5) is 38.0. The molecule has 0 spiro atoms. The molecule has 0 fully saturated rings. The molecule has 0 aliphatic carbocycles. The molecule has 0 heterocycles. The number of hydrogen-bond acceptors (Lipinski definition) is 6. The molecular formula is C62H98O6. The first-order valence-electron chi connectivity index (χ1n) is 27.2. The lowest BCUT2D eigenvalue weighted by atomic mass is 10.1. The van der Waals surface area contributed by atoms with Crippen LogP contribution in [0.2, 0.25) is 0 Å². The Balaban J connectivity index is 4.51. The average Bonchev–Trinajstić information content (AvgIpc) is 3.34. The molecule has 0 saturated heterocycles. The van der Waals surface area contributed by atoms with Crippen LogP contribution in [0.15, 0.2) is 134 Å². The lowest BCUT2D eigenvalue weighted by molar-refractivity contribution is -0.167. The van der Waals surface area contributed by atoms with Crippen LogP contribution in [0.5, 0.6) is 0 Å². The Hall–Kier alpha value is -4.45. The van der Waals surface area contributed by atoms with E-state index in [1.807, 2.05) is 0 Å². The van der Waals surface area contributed by atoms with Crippen molar-refractivity contribution >= 4 is 17.9 Å². The summed E-state index contributed by atoms with van der Waals surface area (Å²) in [7, 11) is 0. The van der Waals surface area contributed by atoms with E-state index in [0.717, 1.165) is 148 Å². The summed E-state index contributed by atoms with van der Waals surface area (Å²) >= 11 is 0. The second kappa shape index (κ2) is 55.1. The van der Waals surface area contributed by atoms with Gasteiger partial charge in [0.1, 0.15) is 13.2 Å². The van der Waals surface area contributed by atoms with Gasteiger partial charge in [0.05, 0.1) is 0 Å². The number of esters is 3. The monoisotopic (exact) mass is 939 g/mol. The van der Waals surface area contributed by atoms with Crippen molar-refractivity contribution in [2.24, 2.45) is 0 Å². The number of hydrogen-bond donors (Lipinski definition) is 0. The van der Waals surface area contributed by atoms with E-state index >= 15 is 0 Å². The minimum atomic E-state index is -0.819. The molecular weight excluding hydrogens is 841 g/mol. The van der Waals surface area contributed by atoms with Gasteiger partial charge in [-0.25, -0.2) is 0 Å². The van der Waals surface area contributed by atoms with E-state index in [0.29, 0.717) is 19.3 Å². The van der Waals surface area contributed by atoms with Crippen LogP contribution < -0.4 is 0 Å². The zero-order valence-electron chi connectivity index (χ0n) is 43.6. The van der Waals surface area contributed by atoms with Crippen LogP contribution in [0, 0.1) is 0 Å². The van der Waals surface area contributed by atoms with Gasteiger partial charge in [-0.05, 0) is 122 Å². The van der Waals surface area contributed by atoms with Crippen LogP contribution in [-0.4, -0.2) is 37.2 Å². The topological polar surface area (TPSA) is 78.9 Å². The molecule has 0 N–H and O–H groups in total. The predicted octanol–water partition coefficient (Wildman–Crippen LogP) is 18.3. The Bertz CT molecular complexity index is 1500. The molecule has 0 bridgehead atoms.